The minimum Gasteiger partial charge on any atom is -0.460 e. The van der Waals surface area contributed by atoms with Gasteiger partial charge < -0.3 is 14.6 Å². The van der Waals surface area contributed by atoms with Gasteiger partial charge in [0.05, 0.1) is 12.6 Å². The molecule has 0 radical (unpaired) electrons. The third kappa shape index (κ3) is 4.35. The lowest BCUT2D eigenvalue weighted by Crippen LogP contribution is -2.19. The second kappa shape index (κ2) is 8.60. The summed E-state index contributed by atoms with van der Waals surface area (Å²) >= 11 is 0. The van der Waals surface area contributed by atoms with Crippen LogP contribution in [0, 0.1) is 0 Å². The highest BCUT2D eigenvalue weighted by molar-refractivity contribution is 5.85. The number of carbonyl (C=O) groups excluding carboxylic acids is 1. The predicted octanol–water partition coefficient (Wildman–Crippen LogP) is 3.32. The fourth-order valence-corrected chi connectivity index (χ4v) is 2.57. The molecule has 1 atom stereocenters. The quantitative estimate of drug-likeness (QED) is 0.678. The molecule has 1 aromatic heterocycles. The molecule has 1 N–H and O–H groups in total. The summed E-state index contributed by atoms with van der Waals surface area (Å²) in [5.74, 6) is -0.257. The van der Waals surface area contributed by atoms with Gasteiger partial charge in [0, 0.05) is 0 Å². The lowest BCUT2D eigenvalue weighted by molar-refractivity contribution is 0.0508. The van der Waals surface area contributed by atoms with Crippen molar-refractivity contribution in [2.24, 2.45) is 0 Å². The number of halogens is 1. The maximum Gasteiger partial charge on any atom is 0.379 e. The average Bonchev–Trinajstić information content (AvgIpc) is 3.10. The summed E-state index contributed by atoms with van der Waals surface area (Å²) < 4.78 is 10.1. The van der Waals surface area contributed by atoms with Gasteiger partial charge in [-0.25, -0.2) is 4.79 Å². The van der Waals surface area contributed by atoms with Crippen molar-refractivity contribution in [1.82, 2.24) is 15.5 Å². The molecule has 0 amide bonds. The van der Waals surface area contributed by atoms with Gasteiger partial charge in [0.2, 0.25) is 5.89 Å². The molecule has 0 aliphatic rings. The summed E-state index contributed by atoms with van der Waals surface area (Å²) in [6.07, 6.45) is 0.672. The average molecular weight is 362 g/mol. The summed E-state index contributed by atoms with van der Waals surface area (Å²) in [6, 6.07) is 14.3. The van der Waals surface area contributed by atoms with Crippen molar-refractivity contribution in [1.29, 1.82) is 0 Å². The van der Waals surface area contributed by atoms with Crippen molar-refractivity contribution in [3.05, 3.63) is 59.7 Å². The van der Waals surface area contributed by atoms with Crippen LogP contribution >= 0.6 is 12.4 Å². The van der Waals surface area contributed by atoms with Crippen LogP contribution < -0.4 is 5.32 Å². The van der Waals surface area contributed by atoms with Crippen molar-refractivity contribution in [3.63, 3.8) is 0 Å². The Balaban J connectivity index is 0.00000225. The zero-order valence-corrected chi connectivity index (χ0v) is 14.9. The van der Waals surface area contributed by atoms with E-state index in [1.165, 1.54) is 10.8 Å². The van der Waals surface area contributed by atoms with Crippen molar-refractivity contribution in [3.8, 4) is 0 Å². The molecule has 3 aromatic rings. The first-order valence-electron chi connectivity index (χ1n) is 7.87. The molecule has 0 spiro atoms. The van der Waals surface area contributed by atoms with E-state index in [1.54, 1.807) is 6.92 Å². The number of hydrogen-bond donors (Lipinski definition) is 1. The van der Waals surface area contributed by atoms with Gasteiger partial charge >= 0.3 is 5.97 Å². The Morgan fingerprint density at radius 2 is 2.00 bits per heavy atom. The zero-order valence-electron chi connectivity index (χ0n) is 14.1. The standard InChI is InChI=1S/C18H19N3O3.ClH/c1-3-23-18(22)16-20-17(24-21-16)15(19-2)11-12-8-9-13-6-4-5-7-14(13)10-12;/h4-10,15,19H,3,11H2,1-2H3;1H. The number of benzene rings is 2. The molecule has 0 fully saturated rings. The van der Waals surface area contributed by atoms with E-state index in [-0.39, 0.29) is 30.9 Å². The molecule has 7 heteroatoms. The summed E-state index contributed by atoms with van der Waals surface area (Å²) in [5, 5.41) is 9.23. The van der Waals surface area contributed by atoms with E-state index < -0.39 is 5.97 Å². The molecule has 132 valence electrons. The van der Waals surface area contributed by atoms with Gasteiger partial charge in [-0.1, -0.05) is 42.5 Å². The molecule has 1 unspecified atom stereocenters. The predicted molar refractivity (Wildman–Crippen MR) is 97.0 cm³/mol. The molecule has 6 nitrogen and oxygen atoms in total. The Morgan fingerprint density at radius 1 is 1.24 bits per heavy atom. The SMILES string of the molecule is CCOC(=O)c1noc(C(Cc2ccc3ccccc3c2)NC)n1.Cl. The minimum absolute atomic E-state index is 0. The Bertz CT molecular complexity index is 850. The van der Waals surface area contributed by atoms with Crippen LogP contribution in [-0.4, -0.2) is 29.8 Å². The number of nitrogens with one attached hydrogen (secondary N) is 1. The van der Waals surface area contributed by atoms with E-state index in [4.69, 9.17) is 9.26 Å². The maximum atomic E-state index is 11.6. The number of rotatable bonds is 6. The fraction of sp³-hybridized carbons (Fsp3) is 0.278. The van der Waals surface area contributed by atoms with E-state index in [9.17, 15) is 4.79 Å². The number of likely N-dealkylation sites (N-methyl/N-ethyl adjacent to an activating group) is 1. The summed E-state index contributed by atoms with van der Waals surface area (Å²) in [7, 11) is 1.82. The van der Waals surface area contributed by atoms with Crippen LogP contribution in [0.3, 0.4) is 0 Å². The van der Waals surface area contributed by atoms with Gasteiger partial charge in [-0.2, -0.15) is 4.98 Å². The van der Waals surface area contributed by atoms with Gasteiger partial charge in [0.15, 0.2) is 0 Å². The molecule has 3 rings (SSSR count). The molecular formula is C18H20ClN3O3. The van der Waals surface area contributed by atoms with E-state index in [0.29, 0.717) is 12.3 Å². The molecule has 0 aliphatic heterocycles. The van der Waals surface area contributed by atoms with Gasteiger partial charge in [-0.05, 0) is 41.9 Å². The van der Waals surface area contributed by atoms with Crippen molar-refractivity contribution >= 4 is 29.1 Å². The van der Waals surface area contributed by atoms with Gasteiger partial charge in [0.25, 0.3) is 5.82 Å². The van der Waals surface area contributed by atoms with E-state index in [0.717, 1.165) is 5.56 Å². The van der Waals surface area contributed by atoms with E-state index >= 15 is 0 Å². The highest BCUT2D eigenvalue weighted by Gasteiger charge is 2.21. The van der Waals surface area contributed by atoms with Crippen LogP contribution in [0.2, 0.25) is 0 Å². The highest BCUT2D eigenvalue weighted by Crippen LogP contribution is 2.21. The highest BCUT2D eigenvalue weighted by atomic mass is 35.5. The fourth-order valence-electron chi connectivity index (χ4n) is 2.57. The van der Waals surface area contributed by atoms with Gasteiger partial charge in [-0.15, -0.1) is 12.4 Å². The van der Waals surface area contributed by atoms with Crippen molar-refractivity contribution < 1.29 is 14.1 Å². The third-order valence-corrected chi connectivity index (χ3v) is 3.80. The Kier molecular flexibility index (Phi) is 6.50. The maximum absolute atomic E-state index is 11.6. The van der Waals surface area contributed by atoms with Crippen LogP contribution in [-0.2, 0) is 11.2 Å². The summed E-state index contributed by atoms with van der Waals surface area (Å²) in [5.41, 5.74) is 1.14. The van der Waals surface area contributed by atoms with Crippen molar-refractivity contribution in [2.45, 2.75) is 19.4 Å². The number of nitrogens with zero attached hydrogens (tertiary/aromatic N) is 2. The number of carbonyl (C=O) groups is 1. The Hall–Kier alpha value is -2.44. The first-order chi connectivity index (χ1) is 11.7. The second-order valence-corrected chi connectivity index (χ2v) is 5.40. The molecule has 2 aromatic carbocycles. The van der Waals surface area contributed by atoms with Crippen LogP contribution in [0.1, 0.15) is 35.0 Å². The molecule has 0 bridgehead atoms. The van der Waals surface area contributed by atoms with E-state index in [1.807, 2.05) is 19.2 Å². The molecule has 0 aliphatic carbocycles. The summed E-state index contributed by atoms with van der Waals surface area (Å²) in [6.45, 7) is 2.00. The van der Waals surface area contributed by atoms with Crippen LogP contribution in [0.4, 0.5) is 0 Å². The third-order valence-electron chi connectivity index (χ3n) is 3.80. The first-order valence-corrected chi connectivity index (χ1v) is 7.87. The van der Waals surface area contributed by atoms with Crippen LogP contribution in [0.15, 0.2) is 47.0 Å². The van der Waals surface area contributed by atoms with Gasteiger partial charge in [0.1, 0.15) is 0 Å². The minimum atomic E-state index is -0.576. The largest absolute Gasteiger partial charge is 0.460 e. The van der Waals surface area contributed by atoms with Crippen LogP contribution in [0.5, 0.6) is 0 Å². The Labute approximate surface area is 152 Å². The second-order valence-electron chi connectivity index (χ2n) is 5.40. The molecule has 25 heavy (non-hydrogen) atoms. The number of esters is 1. The normalized spacial score (nSPS) is 11.8. The molecule has 0 saturated carbocycles. The summed E-state index contributed by atoms with van der Waals surface area (Å²) in [4.78, 5) is 15.8. The molecule has 1 heterocycles. The number of fused-ring (bicyclic) bond motifs is 1. The number of aromatic nitrogens is 2. The van der Waals surface area contributed by atoms with Crippen molar-refractivity contribution in [2.75, 3.05) is 13.7 Å². The monoisotopic (exact) mass is 361 g/mol. The van der Waals surface area contributed by atoms with Crippen LogP contribution in [0.25, 0.3) is 10.8 Å². The zero-order chi connectivity index (χ0) is 16.9. The van der Waals surface area contributed by atoms with E-state index in [2.05, 4.69) is 45.8 Å². The molecule has 0 saturated heterocycles. The number of ether oxygens (including phenoxy) is 1. The first kappa shape index (κ1) is 18.9. The molecular weight excluding hydrogens is 342 g/mol. The van der Waals surface area contributed by atoms with Gasteiger partial charge in [-0.3, -0.25) is 0 Å². The lowest BCUT2D eigenvalue weighted by Gasteiger charge is -2.12. The Morgan fingerprint density at radius 3 is 2.72 bits per heavy atom. The topological polar surface area (TPSA) is 77.2 Å². The lowest BCUT2D eigenvalue weighted by atomic mass is 10.0. The smallest absolute Gasteiger partial charge is 0.379 e. The number of hydrogen-bond acceptors (Lipinski definition) is 6.